The van der Waals surface area contributed by atoms with E-state index >= 15 is 0 Å². The average molecular weight is 930 g/mol. The minimum Gasteiger partial charge on any atom is -0.456 e. The van der Waals surface area contributed by atoms with Gasteiger partial charge in [0.05, 0.1) is 5.56 Å². The minimum absolute atomic E-state index is 0.0278. The van der Waals surface area contributed by atoms with Crippen molar-refractivity contribution < 1.29 is 33.4 Å². The molecule has 0 radical (unpaired) electrons. The summed E-state index contributed by atoms with van der Waals surface area (Å²) >= 11 is 0. The smallest absolute Gasteiger partial charge is 0.340 e. The molecule has 4 amide bonds. The van der Waals surface area contributed by atoms with Crippen LogP contribution in [0, 0.1) is 5.92 Å². The van der Waals surface area contributed by atoms with Gasteiger partial charge in [0.15, 0.2) is 5.60 Å². The molecule has 1 fully saturated rings. The van der Waals surface area contributed by atoms with Gasteiger partial charge in [0, 0.05) is 93.9 Å². The number of nitrogens with two attached hydrogens (primary N) is 2. The Morgan fingerprint density at radius 1 is 0.725 bits per heavy atom. The minimum atomic E-state index is -1.29. The number of unbranched alkanes of at least 4 members (excludes halogenated alkanes) is 3. The molecule has 5 aromatic carbocycles. The monoisotopic (exact) mass is 929 g/mol. The molecule has 14 heteroatoms. The summed E-state index contributed by atoms with van der Waals surface area (Å²) < 4.78 is 14.2. The van der Waals surface area contributed by atoms with Crippen LogP contribution in [0.5, 0.6) is 11.5 Å². The van der Waals surface area contributed by atoms with Gasteiger partial charge in [0.25, 0.3) is 11.8 Å². The summed E-state index contributed by atoms with van der Waals surface area (Å²) in [5.41, 5.74) is 17.6. The summed E-state index contributed by atoms with van der Waals surface area (Å²) in [5.74, 6) is -0.313. The molecular formula is C55H59N7O7. The number of amides is 4. The second kappa shape index (κ2) is 19.9. The number of rotatable bonds is 16. The molecule has 3 heterocycles. The highest BCUT2D eigenvalue weighted by Crippen LogP contribution is 2.56. The van der Waals surface area contributed by atoms with Crippen LogP contribution in [0.3, 0.4) is 0 Å². The molecule has 69 heavy (non-hydrogen) atoms. The zero-order chi connectivity index (χ0) is 48.2. The first-order chi connectivity index (χ1) is 33.5. The summed E-state index contributed by atoms with van der Waals surface area (Å²) in [4.78, 5) is 69.3. The first-order valence-electron chi connectivity index (χ1n) is 24.2. The van der Waals surface area contributed by atoms with Gasteiger partial charge in [-0.05, 0) is 118 Å². The topological polar surface area (TPSA) is 200 Å². The van der Waals surface area contributed by atoms with Crippen molar-refractivity contribution in [3.05, 3.63) is 148 Å². The van der Waals surface area contributed by atoms with Crippen molar-refractivity contribution in [2.75, 3.05) is 36.0 Å². The molecule has 0 bridgehead atoms. The molecular weight excluding hydrogens is 871 g/mol. The Labute approximate surface area is 401 Å². The average Bonchev–Trinajstić information content (AvgIpc) is 3.86. The lowest BCUT2D eigenvalue weighted by Gasteiger charge is -2.36. The van der Waals surface area contributed by atoms with E-state index in [1.807, 2.05) is 60.0 Å². The molecule has 3 aliphatic rings. The SMILES string of the molecule is CCc1cccc(N(CC)C(=O)Cn2c(C(=O)N[C@H]3CC[C@H](C(=O)NCCCCCCNC(=O)c4ccc5c(c4)C(=O)OC54c5ccc(N)cc5Oc5cc(N)ccc54)CC3)cc3ccccc32)c1. The van der Waals surface area contributed by atoms with Gasteiger partial charge in [0.2, 0.25) is 11.8 Å². The van der Waals surface area contributed by atoms with Gasteiger partial charge in [-0.25, -0.2) is 4.79 Å². The predicted molar refractivity (Wildman–Crippen MR) is 266 cm³/mol. The van der Waals surface area contributed by atoms with Gasteiger partial charge >= 0.3 is 5.97 Å². The Hall–Kier alpha value is -7.61. The highest BCUT2D eigenvalue weighted by molar-refractivity contribution is 6.03. The number of aromatic nitrogens is 1. The number of aryl methyl sites for hydroxylation is 1. The fourth-order valence-corrected chi connectivity index (χ4v) is 10.2. The molecule has 14 nitrogen and oxygen atoms in total. The molecule has 1 spiro atoms. The second-order valence-electron chi connectivity index (χ2n) is 18.3. The largest absolute Gasteiger partial charge is 0.456 e. The fraction of sp³-hybridized carbons (Fsp3) is 0.327. The molecule has 7 N–H and O–H groups in total. The van der Waals surface area contributed by atoms with Crippen molar-refractivity contribution >= 4 is 57.6 Å². The zero-order valence-electron chi connectivity index (χ0n) is 39.1. The van der Waals surface area contributed by atoms with E-state index in [2.05, 4.69) is 28.9 Å². The van der Waals surface area contributed by atoms with E-state index < -0.39 is 11.6 Å². The van der Waals surface area contributed by atoms with Crippen molar-refractivity contribution in [2.24, 2.45) is 5.92 Å². The normalized spacial score (nSPS) is 16.4. The van der Waals surface area contributed by atoms with E-state index in [9.17, 15) is 24.0 Å². The van der Waals surface area contributed by atoms with Crippen LogP contribution in [0.2, 0.25) is 0 Å². The summed E-state index contributed by atoms with van der Waals surface area (Å²) in [6.07, 6.45) is 6.92. The van der Waals surface area contributed by atoms with Crippen molar-refractivity contribution in [3.8, 4) is 11.5 Å². The van der Waals surface area contributed by atoms with Crippen LogP contribution in [0.1, 0.15) is 119 Å². The number of hydrogen-bond donors (Lipinski definition) is 5. The number of ether oxygens (including phenoxy) is 2. The molecule has 2 aliphatic heterocycles. The van der Waals surface area contributed by atoms with Crippen LogP contribution in [0.25, 0.3) is 10.9 Å². The van der Waals surface area contributed by atoms with Crippen LogP contribution >= 0.6 is 0 Å². The molecule has 356 valence electrons. The molecule has 9 rings (SSSR count). The number of carbonyl (C=O) groups excluding carboxylic acids is 5. The number of nitrogens with one attached hydrogen (secondary N) is 3. The van der Waals surface area contributed by atoms with Crippen LogP contribution in [-0.4, -0.2) is 59.8 Å². The number of nitrogens with zero attached hydrogens (tertiary/aromatic N) is 2. The van der Waals surface area contributed by atoms with Crippen molar-refractivity contribution in [1.29, 1.82) is 0 Å². The maximum Gasteiger partial charge on any atom is 0.340 e. The van der Waals surface area contributed by atoms with Gasteiger partial charge in [-0.3, -0.25) is 19.2 Å². The van der Waals surface area contributed by atoms with Crippen LogP contribution in [0.15, 0.2) is 109 Å². The third kappa shape index (κ3) is 9.35. The Morgan fingerprint density at radius 3 is 2.10 bits per heavy atom. The standard InChI is InChI=1S/C55H59N7O7/c1-3-34-12-11-14-41(28-34)61(4-2)50(63)33-62-46-15-8-7-13-36(46)30-47(62)53(66)60-40-21-16-35(17-22-40)51(64)58-26-9-5-6-10-27-59-52(65)37-18-23-43-42(29-37)54(67)69-55(43)44-24-19-38(56)31-48(44)68-49-32-39(57)20-25-45(49)55/h7-8,11-15,18-20,23-25,28-32,35,40H,3-6,9-10,16-17,21-22,26-27,33,56-57H2,1-2H3,(H,58,64)(H,59,65)(H,60,66)/t35-,40-. The summed E-state index contributed by atoms with van der Waals surface area (Å²) in [6.45, 7) is 5.61. The Balaban J connectivity index is 0.706. The summed E-state index contributed by atoms with van der Waals surface area (Å²) in [5, 5.41) is 10.2. The van der Waals surface area contributed by atoms with E-state index in [1.165, 1.54) is 0 Å². The van der Waals surface area contributed by atoms with Crippen LogP contribution in [0.4, 0.5) is 17.1 Å². The van der Waals surface area contributed by atoms with Gasteiger partial charge < -0.3 is 46.4 Å². The number of fused-ring (bicyclic) bond motifs is 7. The lowest BCUT2D eigenvalue weighted by atomic mass is 9.77. The van der Waals surface area contributed by atoms with Crippen molar-refractivity contribution in [3.63, 3.8) is 0 Å². The highest BCUT2D eigenvalue weighted by Gasteiger charge is 2.53. The number of nitrogen functional groups attached to an aromatic ring is 2. The van der Waals surface area contributed by atoms with Crippen LogP contribution in [-0.2, 0) is 32.9 Å². The van der Waals surface area contributed by atoms with Gasteiger partial charge in [-0.1, -0.05) is 56.2 Å². The molecule has 1 aromatic heterocycles. The fourth-order valence-electron chi connectivity index (χ4n) is 10.2. The first-order valence-corrected chi connectivity index (χ1v) is 24.2. The quantitative estimate of drug-likeness (QED) is 0.0359. The molecule has 0 unspecified atom stereocenters. The van der Waals surface area contributed by atoms with E-state index in [0.717, 1.165) is 54.3 Å². The highest BCUT2D eigenvalue weighted by atomic mass is 16.6. The Morgan fingerprint density at radius 2 is 1.41 bits per heavy atom. The van der Waals surface area contributed by atoms with E-state index in [1.54, 1.807) is 59.5 Å². The van der Waals surface area contributed by atoms with Gasteiger partial charge in [-0.2, -0.15) is 0 Å². The van der Waals surface area contributed by atoms with Crippen molar-refractivity contribution in [2.45, 2.75) is 89.8 Å². The number of benzene rings is 5. The number of esters is 1. The molecule has 1 saturated carbocycles. The third-order valence-electron chi connectivity index (χ3n) is 13.8. The number of para-hydroxylation sites is 1. The van der Waals surface area contributed by atoms with Gasteiger partial charge in [0.1, 0.15) is 23.7 Å². The molecule has 6 aromatic rings. The number of anilines is 3. The maximum atomic E-state index is 13.9. The Bertz CT molecular complexity index is 2900. The lowest BCUT2D eigenvalue weighted by Crippen LogP contribution is -2.42. The second-order valence-corrected chi connectivity index (χ2v) is 18.3. The molecule has 0 saturated heterocycles. The number of hydrogen-bond acceptors (Lipinski definition) is 9. The molecule has 1 aliphatic carbocycles. The maximum absolute atomic E-state index is 13.9. The first kappa shape index (κ1) is 46.5. The summed E-state index contributed by atoms with van der Waals surface area (Å²) in [7, 11) is 0. The van der Waals surface area contributed by atoms with Crippen molar-refractivity contribution in [1.82, 2.24) is 20.5 Å². The number of carbonyl (C=O) groups is 5. The zero-order valence-corrected chi connectivity index (χ0v) is 39.1. The predicted octanol–water partition coefficient (Wildman–Crippen LogP) is 8.38. The number of likely N-dealkylation sites (N-methyl/N-ethyl adjacent to an activating group) is 1. The molecule has 0 atom stereocenters. The van der Waals surface area contributed by atoms with E-state index in [0.29, 0.717) is 102 Å². The Kier molecular flexibility index (Phi) is 13.4. The van der Waals surface area contributed by atoms with E-state index in [-0.39, 0.29) is 42.1 Å². The lowest BCUT2D eigenvalue weighted by molar-refractivity contribution is -0.126. The third-order valence-corrected chi connectivity index (χ3v) is 13.8. The van der Waals surface area contributed by atoms with E-state index in [4.69, 9.17) is 20.9 Å². The van der Waals surface area contributed by atoms with Crippen LogP contribution < -0.4 is 37.1 Å². The summed E-state index contributed by atoms with van der Waals surface area (Å²) in [6, 6.07) is 33.0. The van der Waals surface area contributed by atoms with Gasteiger partial charge in [-0.15, -0.1) is 0 Å².